The SMILES string of the molecule is O=C(O)c1c(-c2cccc(OC3CC3)c2[N+](=O)[O-])[nH]c(=O)[nH]c1=O. The summed E-state index contributed by atoms with van der Waals surface area (Å²) in [6, 6.07) is 4.05. The first kappa shape index (κ1) is 15.5. The standard InChI is InChI=1S/C14H11N3O7/c18-12-9(13(19)20)10(15-14(21)16-12)7-2-1-3-8(11(7)17(22)23)24-6-4-5-6/h1-3,6H,4-5H2,(H,19,20)(H2,15,16,18,21). The number of para-hydroxylation sites is 1. The molecular formula is C14H11N3O7. The second-order valence-electron chi connectivity index (χ2n) is 5.19. The van der Waals surface area contributed by atoms with Gasteiger partial charge in [-0.05, 0) is 25.0 Å². The Morgan fingerprint density at radius 1 is 1.29 bits per heavy atom. The zero-order chi connectivity index (χ0) is 17.4. The molecule has 10 nitrogen and oxygen atoms in total. The second kappa shape index (κ2) is 5.65. The van der Waals surface area contributed by atoms with Crippen molar-refractivity contribution in [3.63, 3.8) is 0 Å². The number of aromatic nitrogens is 2. The highest BCUT2D eigenvalue weighted by atomic mass is 16.6. The summed E-state index contributed by atoms with van der Waals surface area (Å²) in [7, 11) is 0. The number of carboxylic acid groups (broad SMARTS) is 1. The van der Waals surface area contributed by atoms with Gasteiger partial charge >= 0.3 is 17.3 Å². The van der Waals surface area contributed by atoms with Crippen molar-refractivity contribution in [3.05, 3.63) is 54.7 Å². The van der Waals surface area contributed by atoms with E-state index in [1.165, 1.54) is 18.2 Å². The van der Waals surface area contributed by atoms with Gasteiger partial charge in [0.15, 0.2) is 5.75 Å². The highest BCUT2D eigenvalue weighted by Crippen LogP contribution is 2.40. The Kier molecular flexibility index (Phi) is 3.64. The Morgan fingerprint density at radius 3 is 2.58 bits per heavy atom. The molecule has 0 aliphatic heterocycles. The fraction of sp³-hybridized carbons (Fsp3) is 0.214. The first-order chi connectivity index (χ1) is 11.4. The summed E-state index contributed by atoms with van der Waals surface area (Å²) < 4.78 is 5.47. The van der Waals surface area contributed by atoms with Crippen LogP contribution in [0.2, 0.25) is 0 Å². The van der Waals surface area contributed by atoms with E-state index in [2.05, 4.69) is 4.98 Å². The molecule has 0 radical (unpaired) electrons. The van der Waals surface area contributed by atoms with Gasteiger partial charge in [0, 0.05) is 0 Å². The summed E-state index contributed by atoms with van der Waals surface area (Å²) >= 11 is 0. The minimum Gasteiger partial charge on any atom is -0.483 e. The van der Waals surface area contributed by atoms with Crippen LogP contribution in [0.15, 0.2) is 27.8 Å². The molecule has 1 aliphatic carbocycles. The van der Waals surface area contributed by atoms with Gasteiger partial charge in [0.05, 0.1) is 22.3 Å². The molecule has 10 heteroatoms. The number of hydrogen-bond donors (Lipinski definition) is 3. The van der Waals surface area contributed by atoms with Gasteiger partial charge in [-0.2, -0.15) is 0 Å². The van der Waals surface area contributed by atoms with E-state index in [-0.39, 0.29) is 17.4 Å². The predicted octanol–water partition coefficient (Wildman–Crippen LogP) is 0.878. The highest BCUT2D eigenvalue weighted by Gasteiger charge is 2.31. The van der Waals surface area contributed by atoms with Crippen molar-refractivity contribution in [2.24, 2.45) is 0 Å². The largest absolute Gasteiger partial charge is 0.483 e. The van der Waals surface area contributed by atoms with Gasteiger partial charge in [0.2, 0.25) is 0 Å². The predicted molar refractivity (Wildman–Crippen MR) is 80.4 cm³/mol. The zero-order valence-electron chi connectivity index (χ0n) is 12.1. The molecule has 1 saturated carbocycles. The van der Waals surface area contributed by atoms with E-state index in [4.69, 9.17) is 4.74 Å². The first-order valence-electron chi connectivity index (χ1n) is 6.93. The number of ether oxygens (including phenoxy) is 1. The maximum absolute atomic E-state index is 11.8. The van der Waals surface area contributed by atoms with Crippen molar-refractivity contribution in [2.75, 3.05) is 0 Å². The third kappa shape index (κ3) is 2.76. The van der Waals surface area contributed by atoms with E-state index >= 15 is 0 Å². The molecule has 1 heterocycles. The molecule has 1 aromatic heterocycles. The molecule has 0 unspecified atom stereocenters. The number of rotatable bonds is 5. The van der Waals surface area contributed by atoms with Gasteiger partial charge in [-0.15, -0.1) is 0 Å². The quantitative estimate of drug-likeness (QED) is 0.541. The number of nitro benzene ring substituents is 1. The molecule has 1 aliphatic rings. The van der Waals surface area contributed by atoms with Crippen molar-refractivity contribution in [3.8, 4) is 17.0 Å². The normalized spacial score (nSPS) is 13.5. The lowest BCUT2D eigenvalue weighted by molar-refractivity contribution is -0.385. The number of aromatic carboxylic acids is 1. The average molecular weight is 333 g/mol. The first-order valence-corrected chi connectivity index (χ1v) is 6.93. The Labute approximate surface area is 132 Å². The van der Waals surface area contributed by atoms with Gasteiger partial charge < -0.3 is 14.8 Å². The van der Waals surface area contributed by atoms with Crippen molar-refractivity contribution < 1.29 is 19.6 Å². The van der Waals surface area contributed by atoms with Crippen molar-refractivity contribution >= 4 is 11.7 Å². The highest BCUT2D eigenvalue weighted by molar-refractivity contribution is 5.96. The number of H-pyrrole nitrogens is 2. The van der Waals surface area contributed by atoms with E-state index in [1.54, 1.807) is 4.98 Å². The van der Waals surface area contributed by atoms with Crippen LogP contribution in [0.25, 0.3) is 11.3 Å². The number of carboxylic acids is 1. The van der Waals surface area contributed by atoms with Gasteiger partial charge in [-0.1, -0.05) is 6.07 Å². The van der Waals surface area contributed by atoms with E-state index in [0.29, 0.717) is 0 Å². The smallest absolute Gasteiger partial charge is 0.343 e. The van der Waals surface area contributed by atoms with Crippen LogP contribution < -0.4 is 16.0 Å². The molecule has 0 bridgehead atoms. The van der Waals surface area contributed by atoms with E-state index in [1.807, 2.05) is 0 Å². The van der Waals surface area contributed by atoms with Crippen LogP contribution in [0.1, 0.15) is 23.2 Å². The molecule has 3 N–H and O–H groups in total. The molecule has 124 valence electrons. The average Bonchev–Trinajstić information content (AvgIpc) is 3.29. The maximum Gasteiger partial charge on any atom is 0.343 e. The molecule has 1 aromatic carbocycles. The summed E-state index contributed by atoms with van der Waals surface area (Å²) in [5.74, 6) is -1.66. The summed E-state index contributed by atoms with van der Waals surface area (Å²) in [5.41, 5.74) is -4.07. The van der Waals surface area contributed by atoms with E-state index < -0.39 is 39.1 Å². The van der Waals surface area contributed by atoms with E-state index in [0.717, 1.165) is 12.8 Å². The molecule has 1 fully saturated rings. The Hall–Kier alpha value is -3.43. The number of aromatic amines is 2. The number of nitrogens with one attached hydrogen (secondary N) is 2. The van der Waals surface area contributed by atoms with Crippen LogP contribution in [0, 0.1) is 10.1 Å². The van der Waals surface area contributed by atoms with Crippen LogP contribution in [-0.4, -0.2) is 32.1 Å². The lowest BCUT2D eigenvalue weighted by atomic mass is 10.0. The minimum absolute atomic E-state index is 0.0440. The Bertz CT molecular complexity index is 956. The third-order valence-electron chi connectivity index (χ3n) is 3.43. The number of hydrogen-bond acceptors (Lipinski definition) is 6. The summed E-state index contributed by atoms with van der Waals surface area (Å²) in [5, 5.41) is 20.7. The van der Waals surface area contributed by atoms with Gasteiger partial charge in [-0.25, -0.2) is 9.59 Å². The molecule has 0 amide bonds. The van der Waals surface area contributed by atoms with Crippen LogP contribution >= 0.6 is 0 Å². The molecule has 24 heavy (non-hydrogen) atoms. The van der Waals surface area contributed by atoms with Crippen LogP contribution in [0.4, 0.5) is 5.69 Å². The molecule has 0 saturated heterocycles. The number of nitrogens with zero attached hydrogens (tertiary/aromatic N) is 1. The molecular weight excluding hydrogens is 322 g/mol. The summed E-state index contributed by atoms with van der Waals surface area (Å²) in [4.78, 5) is 49.3. The van der Waals surface area contributed by atoms with Gasteiger partial charge in [-0.3, -0.25) is 19.9 Å². The fourth-order valence-corrected chi connectivity index (χ4v) is 2.27. The van der Waals surface area contributed by atoms with Crippen LogP contribution in [-0.2, 0) is 0 Å². The molecule has 0 atom stereocenters. The van der Waals surface area contributed by atoms with E-state index in [9.17, 15) is 29.6 Å². The third-order valence-corrected chi connectivity index (χ3v) is 3.43. The fourth-order valence-electron chi connectivity index (χ4n) is 2.27. The lowest BCUT2D eigenvalue weighted by Gasteiger charge is -2.10. The Balaban J connectivity index is 2.30. The van der Waals surface area contributed by atoms with Crippen molar-refractivity contribution in [1.82, 2.24) is 9.97 Å². The molecule has 0 spiro atoms. The van der Waals surface area contributed by atoms with Crippen molar-refractivity contribution in [1.29, 1.82) is 0 Å². The maximum atomic E-state index is 11.8. The summed E-state index contributed by atoms with van der Waals surface area (Å²) in [6.07, 6.45) is 1.41. The van der Waals surface area contributed by atoms with Crippen LogP contribution in [0.5, 0.6) is 5.75 Å². The number of benzene rings is 1. The van der Waals surface area contributed by atoms with Gasteiger partial charge in [0.25, 0.3) is 5.56 Å². The summed E-state index contributed by atoms with van der Waals surface area (Å²) in [6.45, 7) is 0. The topological polar surface area (TPSA) is 155 Å². The monoisotopic (exact) mass is 333 g/mol. The number of nitro groups is 1. The second-order valence-corrected chi connectivity index (χ2v) is 5.19. The zero-order valence-corrected chi connectivity index (χ0v) is 12.1. The Morgan fingerprint density at radius 2 is 2.00 bits per heavy atom. The number of carbonyl (C=O) groups is 1. The van der Waals surface area contributed by atoms with Gasteiger partial charge in [0.1, 0.15) is 5.56 Å². The molecule has 3 rings (SSSR count). The van der Waals surface area contributed by atoms with Crippen LogP contribution in [0.3, 0.4) is 0 Å². The minimum atomic E-state index is -1.62. The molecule has 2 aromatic rings. The van der Waals surface area contributed by atoms with Crippen molar-refractivity contribution in [2.45, 2.75) is 18.9 Å². The lowest BCUT2D eigenvalue weighted by Crippen LogP contribution is -2.29.